The molecular formula is C12H20F3N3O2. The lowest BCUT2D eigenvalue weighted by Crippen LogP contribution is -2.53. The smallest absolute Gasteiger partial charge is 0.347 e. The van der Waals surface area contributed by atoms with Gasteiger partial charge >= 0.3 is 6.18 Å². The molecule has 1 saturated heterocycles. The molecule has 0 aromatic heterocycles. The molecule has 0 aromatic rings. The summed E-state index contributed by atoms with van der Waals surface area (Å²) in [5.74, 6) is -1.18. The summed E-state index contributed by atoms with van der Waals surface area (Å²) >= 11 is 0. The second kappa shape index (κ2) is 6.92. The van der Waals surface area contributed by atoms with Gasteiger partial charge in [-0.2, -0.15) is 13.2 Å². The van der Waals surface area contributed by atoms with Crippen LogP contribution in [0.5, 0.6) is 0 Å². The monoisotopic (exact) mass is 295 g/mol. The van der Waals surface area contributed by atoms with Crippen LogP contribution in [-0.2, 0) is 9.59 Å². The fraction of sp³-hybridized carbons (Fsp3) is 0.833. The van der Waals surface area contributed by atoms with Crippen LogP contribution in [0.1, 0.15) is 19.3 Å². The number of carbonyl (C=O) groups excluding carboxylic acids is 2. The van der Waals surface area contributed by atoms with Gasteiger partial charge in [-0.1, -0.05) is 6.42 Å². The van der Waals surface area contributed by atoms with E-state index in [0.29, 0.717) is 17.9 Å². The average molecular weight is 295 g/mol. The Kier molecular flexibility index (Phi) is 5.79. The van der Waals surface area contributed by atoms with E-state index in [1.807, 2.05) is 0 Å². The van der Waals surface area contributed by atoms with Gasteiger partial charge in [0.05, 0.1) is 6.04 Å². The molecule has 2 amide bonds. The summed E-state index contributed by atoms with van der Waals surface area (Å²) < 4.78 is 37.6. The van der Waals surface area contributed by atoms with Crippen LogP contribution < -0.4 is 5.32 Å². The summed E-state index contributed by atoms with van der Waals surface area (Å²) in [7, 11) is 2.88. The minimum Gasteiger partial charge on any atom is -0.347 e. The molecule has 0 radical (unpaired) electrons. The molecular weight excluding hydrogens is 275 g/mol. The molecule has 0 spiro atoms. The van der Waals surface area contributed by atoms with E-state index in [-0.39, 0.29) is 0 Å². The lowest BCUT2D eigenvalue weighted by molar-refractivity contribution is -0.165. The zero-order valence-corrected chi connectivity index (χ0v) is 11.7. The highest BCUT2D eigenvalue weighted by molar-refractivity contribution is 5.87. The van der Waals surface area contributed by atoms with Crippen LogP contribution in [0.3, 0.4) is 0 Å². The summed E-state index contributed by atoms with van der Waals surface area (Å²) in [6, 6.07) is -0.624. The molecule has 1 rings (SSSR count). The number of hydrogen-bond donors (Lipinski definition) is 1. The molecule has 116 valence electrons. The van der Waals surface area contributed by atoms with Crippen LogP contribution >= 0.6 is 0 Å². The Labute approximate surface area is 116 Å². The van der Waals surface area contributed by atoms with E-state index in [4.69, 9.17) is 0 Å². The van der Waals surface area contributed by atoms with Crippen molar-refractivity contribution in [2.75, 3.05) is 33.7 Å². The van der Waals surface area contributed by atoms with E-state index in [0.717, 1.165) is 12.8 Å². The third-order valence-electron chi connectivity index (χ3n) is 3.12. The van der Waals surface area contributed by atoms with Crippen LogP contribution in [0.4, 0.5) is 13.2 Å². The van der Waals surface area contributed by atoms with Crippen LogP contribution in [0.25, 0.3) is 0 Å². The number of nitrogens with one attached hydrogen (secondary N) is 1. The molecule has 1 heterocycles. The first kappa shape index (κ1) is 16.7. The average Bonchev–Trinajstić information content (AvgIpc) is 2.36. The molecule has 0 saturated carbocycles. The van der Waals surface area contributed by atoms with Crippen molar-refractivity contribution in [1.82, 2.24) is 15.1 Å². The molecule has 5 nitrogen and oxygen atoms in total. The molecule has 1 aliphatic rings. The van der Waals surface area contributed by atoms with Gasteiger partial charge in [-0.15, -0.1) is 0 Å². The quantitative estimate of drug-likeness (QED) is 0.827. The molecule has 0 aliphatic carbocycles. The highest BCUT2D eigenvalue weighted by atomic mass is 19.4. The van der Waals surface area contributed by atoms with Crippen LogP contribution in [0.2, 0.25) is 0 Å². The third-order valence-corrected chi connectivity index (χ3v) is 3.12. The largest absolute Gasteiger partial charge is 0.406 e. The number of rotatable bonds is 4. The minimum atomic E-state index is -4.52. The van der Waals surface area contributed by atoms with Crippen LogP contribution in [0.15, 0.2) is 0 Å². The van der Waals surface area contributed by atoms with Gasteiger partial charge in [0.2, 0.25) is 11.8 Å². The van der Waals surface area contributed by atoms with E-state index in [9.17, 15) is 22.8 Å². The summed E-state index contributed by atoms with van der Waals surface area (Å²) in [4.78, 5) is 25.5. The van der Waals surface area contributed by atoms with Crippen molar-refractivity contribution in [2.24, 2.45) is 0 Å². The van der Waals surface area contributed by atoms with Gasteiger partial charge in [-0.3, -0.25) is 9.59 Å². The molecule has 1 aliphatic heterocycles. The first-order valence-corrected chi connectivity index (χ1v) is 6.50. The topological polar surface area (TPSA) is 52.7 Å². The van der Waals surface area contributed by atoms with Crippen molar-refractivity contribution in [2.45, 2.75) is 31.5 Å². The number of hydrogen-bond acceptors (Lipinski definition) is 3. The Bertz CT molecular complexity index is 352. The van der Waals surface area contributed by atoms with E-state index < -0.39 is 37.1 Å². The minimum absolute atomic E-state index is 0.503. The molecule has 1 fully saturated rings. The first-order chi connectivity index (χ1) is 9.20. The third kappa shape index (κ3) is 5.36. The fourth-order valence-electron chi connectivity index (χ4n) is 2.02. The Balaban J connectivity index is 2.74. The number of amides is 2. The van der Waals surface area contributed by atoms with Crippen molar-refractivity contribution in [3.63, 3.8) is 0 Å². The van der Waals surface area contributed by atoms with Crippen molar-refractivity contribution in [3.8, 4) is 0 Å². The van der Waals surface area contributed by atoms with Gasteiger partial charge in [0.15, 0.2) is 0 Å². The summed E-state index contributed by atoms with van der Waals surface area (Å²) in [6.45, 7) is -1.34. The normalized spacial score (nSPS) is 19.6. The Morgan fingerprint density at radius 1 is 1.25 bits per heavy atom. The van der Waals surface area contributed by atoms with Gasteiger partial charge in [0.1, 0.15) is 13.1 Å². The van der Waals surface area contributed by atoms with E-state index in [1.165, 1.54) is 19.0 Å². The number of alkyl halides is 3. The van der Waals surface area contributed by atoms with Crippen LogP contribution in [0, 0.1) is 0 Å². The number of halogens is 3. The predicted octanol–water partition coefficient (Wildman–Crippen LogP) is 0.608. The molecule has 8 heteroatoms. The van der Waals surface area contributed by atoms with E-state index in [1.54, 1.807) is 0 Å². The zero-order valence-electron chi connectivity index (χ0n) is 11.7. The van der Waals surface area contributed by atoms with Crippen molar-refractivity contribution >= 4 is 11.8 Å². The van der Waals surface area contributed by atoms with Crippen LogP contribution in [-0.4, -0.2) is 67.6 Å². The molecule has 1 atom stereocenters. The SMILES string of the molecule is CN(C)C(=O)CN(CC(F)(F)F)C(=O)[C@H]1CCCCN1. The lowest BCUT2D eigenvalue weighted by Gasteiger charge is -2.30. The van der Waals surface area contributed by atoms with Gasteiger partial charge in [-0.05, 0) is 19.4 Å². The first-order valence-electron chi connectivity index (χ1n) is 6.50. The highest BCUT2D eigenvalue weighted by Gasteiger charge is 2.36. The second-order valence-corrected chi connectivity index (χ2v) is 5.10. The summed E-state index contributed by atoms with van der Waals surface area (Å²) in [5.41, 5.74) is 0. The number of likely N-dealkylation sites (N-methyl/N-ethyl adjacent to an activating group) is 1. The Morgan fingerprint density at radius 2 is 1.90 bits per heavy atom. The fourth-order valence-corrected chi connectivity index (χ4v) is 2.02. The second-order valence-electron chi connectivity index (χ2n) is 5.10. The predicted molar refractivity (Wildman–Crippen MR) is 67.0 cm³/mol. The summed E-state index contributed by atoms with van der Waals surface area (Å²) in [5, 5.41) is 2.90. The van der Waals surface area contributed by atoms with Crippen molar-refractivity contribution in [3.05, 3.63) is 0 Å². The number of piperidine rings is 1. The maximum atomic E-state index is 12.5. The molecule has 20 heavy (non-hydrogen) atoms. The molecule has 0 aromatic carbocycles. The number of nitrogens with zero attached hydrogens (tertiary/aromatic N) is 2. The van der Waals surface area contributed by atoms with Gasteiger partial charge in [0, 0.05) is 14.1 Å². The molecule has 1 N–H and O–H groups in total. The van der Waals surface area contributed by atoms with Crippen molar-refractivity contribution in [1.29, 1.82) is 0 Å². The zero-order chi connectivity index (χ0) is 15.3. The maximum absolute atomic E-state index is 12.5. The van der Waals surface area contributed by atoms with Gasteiger partial charge in [-0.25, -0.2) is 0 Å². The van der Waals surface area contributed by atoms with E-state index >= 15 is 0 Å². The molecule has 0 unspecified atom stereocenters. The summed E-state index contributed by atoms with van der Waals surface area (Å²) in [6.07, 6.45) is -2.31. The maximum Gasteiger partial charge on any atom is 0.406 e. The molecule has 0 bridgehead atoms. The van der Waals surface area contributed by atoms with E-state index in [2.05, 4.69) is 5.32 Å². The highest BCUT2D eigenvalue weighted by Crippen LogP contribution is 2.18. The Morgan fingerprint density at radius 3 is 2.35 bits per heavy atom. The van der Waals surface area contributed by atoms with Gasteiger partial charge in [0.25, 0.3) is 0 Å². The standard InChI is InChI=1S/C12H20F3N3O2/c1-17(2)10(19)7-18(8-12(13,14)15)11(20)9-5-3-4-6-16-9/h9,16H,3-8H2,1-2H3/t9-/m1/s1. The Hall–Kier alpha value is -1.31. The lowest BCUT2D eigenvalue weighted by atomic mass is 10.0. The number of carbonyl (C=O) groups is 2. The van der Waals surface area contributed by atoms with Gasteiger partial charge < -0.3 is 15.1 Å². The van der Waals surface area contributed by atoms with Crippen molar-refractivity contribution < 1.29 is 22.8 Å².